The fourth-order valence-electron chi connectivity index (χ4n) is 4.76. The number of aromatic amines is 1. The number of hydrogen-bond acceptors (Lipinski definition) is 9. The van der Waals surface area contributed by atoms with Crippen LogP contribution < -0.4 is 10.9 Å². The number of carbonyl (C=O) groups excluding carboxylic acids is 1. The van der Waals surface area contributed by atoms with E-state index in [0.29, 0.717) is 35.3 Å². The number of nitrogens with zero attached hydrogens (tertiary/aromatic N) is 8. The van der Waals surface area contributed by atoms with Crippen molar-refractivity contribution in [1.82, 2.24) is 44.7 Å². The van der Waals surface area contributed by atoms with Crippen LogP contribution in [0.25, 0.3) is 28.2 Å². The summed E-state index contributed by atoms with van der Waals surface area (Å²) < 4.78 is 22.7. The fourth-order valence-corrected chi connectivity index (χ4v) is 4.92. The number of rotatable bonds is 5. The molecule has 5 heterocycles. The number of methoxy groups -OCH3 is 1. The van der Waals surface area contributed by atoms with Gasteiger partial charge < -0.3 is 9.72 Å². The maximum absolute atomic E-state index is 15.3. The summed E-state index contributed by atoms with van der Waals surface area (Å²) in [6.07, 6.45) is 4.48. The first-order valence-electron chi connectivity index (χ1n) is 12.1. The molecule has 2 atom stereocenters. The van der Waals surface area contributed by atoms with E-state index in [4.69, 9.17) is 16.6 Å². The van der Waals surface area contributed by atoms with Crippen molar-refractivity contribution >= 4 is 23.5 Å². The van der Waals surface area contributed by atoms with Gasteiger partial charge >= 0.3 is 6.09 Å². The van der Waals surface area contributed by atoms with Crippen LogP contribution in [0, 0.1) is 5.82 Å². The predicted molar refractivity (Wildman–Crippen MR) is 141 cm³/mol. The van der Waals surface area contributed by atoms with Crippen LogP contribution in [0.3, 0.4) is 0 Å². The molecule has 0 saturated heterocycles. The molecule has 1 aliphatic rings. The molecule has 40 heavy (non-hydrogen) atoms. The van der Waals surface area contributed by atoms with E-state index in [-0.39, 0.29) is 27.8 Å². The highest BCUT2D eigenvalue weighted by Gasteiger charge is 2.34. The Morgan fingerprint density at radius 2 is 2.08 bits per heavy atom. The van der Waals surface area contributed by atoms with E-state index < -0.39 is 18.0 Å². The molecule has 0 bridgehead atoms. The van der Waals surface area contributed by atoms with Crippen molar-refractivity contribution in [3.63, 3.8) is 0 Å². The van der Waals surface area contributed by atoms with Crippen molar-refractivity contribution in [3.05, 3.63) is 81.9 Å². The molecule has 202 valence electrons. The van der Waals surface area contributed by atoms with E-state index in [1.807, 2.05) is 6.92 Å². The third-order valence-electron chi connectivity index (χ3n) is 6.63. The van der Waals surface area contributed by atoms with Crippen LogP contribution >= 0.6 is 11.6 Å². The van der Waals surface area contributed by atoms with Gasteiger partial charge in [-0.3, -0.25) is 14.7 Å². The summed E-state index contributed by atoms with van der Waals surface area (Å²) in [5.41, 5.74) is 1.48. The molecular weight excluding hydrogens is 543 g/mol. The van der Waals surface area contributed by atoms with Gasteiger partial charge in [0.15, 0.2) is 5.82 Å². The Morgan fingerprint density at radius 3 is 2.80 bits per heavy atom. The topological polar surface area (TPSA) is 158 Å². The van der Waals surface area contributed by atoms with Gasteiger partial charge in [-0.1, -0.05) is 18.5 Å². The van der Waals surface area contributed by atoms with Gasteiger partial charge in [0.05, 0.1) is 47.0 Å². The quantitative estimate of drug-likeness (QED) is 0.325. The molecule has 0 saturated carbocycles. The van der Waals surface area contributed by atoms with E-state index in [0.717, 1.165) is 5.56 Å². The lowest BCUT2D eigenvalue weighted by Gasteiger charge is -2.15. The lowest BCUT2D eigenvalue weighted by Crippen LogP contribution is -2.25. The number of imidazole rings is 1. The van der Waals surface area contributed by atoms with Gasteiger partial charge in [-0.15, -0.1) is 5.10 Å². The Kier molecular flexibility index (Phi) is 6.30. The van der Waals surface area contributed by atoms with Gasteiger partial charge in [0.2, 0.25) is 0 Å². The summed E-state index contributed by atoms with van der Waals surface area (Å²) in [7, 11) is 1.27. The van der Waals surface area contributed by atoms with Crippen LogP contribution in [-0.4, -0.2) is 57.9 Å². The third-order valence-corrected chi connectivity index (χ3v) is 6.93. The smallest absolute Gasteiger partial charge is 0.412 e. The number of fused-ring (bicyclic) bond motifs is 1. The first-order valence-corrected chi connectivity index (χ1v) is 12.4. The van der Waals surface area contributed by atoms with Crippen molar-refractivity contribution in [3.8, 4) is 28.2 Å². The molecule has 0 unspecified atom stereocenters. The lowest BCUT2D eigenvalue weighted by atomic mass is 10.1. The number of pyridine rings is 1. The number of tetrazole rings is 1. The van der Waals surface area contributed by atoms with Crippen LogP contribution in [0.1, 0.15) is 37.0 Å². The van der Waals surface area contributed by atoms with Gasteiger partial charge in [-0.2, -0.15) is 4.68 Å². The van der Waals surface area contributed by atoms with Gasteiger partial charge in [-0.05, 0) is 41.1 Å². The monoisotopic (exact) mass is 562 g/mol. The molecule has 1 aliphatic heterocycles. The second-order valence-corrected chi connectivity index (χ2v) is 9.51. The van der Waals surface area contributed by atoms with E-state index in [2.05, 4.69) is 40.5 Å². The van der Waals surface area contributed by atoms with Crippen LogP contribution in [0.2, 0.25) is 5.02 Å². The predicted octanol–water partition coefficient (Wildman–Crippen LogP) is 3.74. The second kappa shape index (κ2) is 9.96. The Bertz CT molecular complexity index is 1790. The van der Waals surface area contributed by atoms with Crippen molar-refractivity contribution < 1.29 is 13.9 Å². The number of amides is 1. The number of hydrogen-bond donors (Lipinski definition) is 2. The second-order valence-electron chi connectivity index (χ2n) is 9.10. The molecule has 0 fully saturated rings. The van der Waals surface area contributed by atoms with Crippen molar-refractivity contribution in [2.75, 3.05) is 12.4 Å². The summed E-state index contributed by atoms with van der Waals surface area (Å²) >= 11 is 6.09. The largest absolute Gasteiger partial charge is 0.453 e. The summed E-state index contributed by atoms with van der Waals surface area (Å²) in [6.45, 7) is 1.94. The molecule has 15 heteroatoms. The first kappa shape index (κ1) is 25.3. The summed E-state index contributed by atoms with van der Waals surface area (Å²) in [4.78, 5) is 41.6. The molecule has 1 amide bonds. The summed E-state index contributed by atoms with van der Waals surface area (Å²) in [6, 6.07) is 7.22. The lowest BCUT2D eigenvalue weighted by molar-refractivity contribution is 0.187. The number of aromatic nitrogens is 9. The molecule has 4 aromatic heterocycles. The van der Waals surface area contributed by atoms with Gasteiger partial charge in [0.1, 0.15) is 23.8 Å². The first-order chi connectivity index (χ1) is 19.3. The Labute approximate surface area is 230 Å². The van der Waals surface area contributed by atoms with Crippen molar-refractivity contribution in [1.29, 1.82) is 0 Å². The number of halogens is 2. The van der Waals surface area contributed by atoms with Crippen LogP contribution in [0.15, 0.2) is 53.8 Å². The van der Waals surface area contributed by atoms with Crippen molar-refractivity contribution in [2.24, 2.45) is 0 Å². The number of H-pyrrole nitrogens is 1. The van der Waals surface area contributed by atoms with Gasteiger partial charge in [-0.25, -0.2) is 24.1 Å². The molecule has 0 spiro atoms. The molecule has 0 aliphatic carbocycles. The minimum absolute atomic E-state index is 0.0221. The fraction of sp³-hybridized carbons (Fsp3) is 0.200. The van der Waals surface area contributed by atoms with E-state index in [9.17, 15) is 9.59 Å². The maximum Gasteiger partial charge on any atom is 0.412 e. The molecule has 2 N–H and O–H groups in total. The molecule has 1 aromatic carbocycles. The van der Waals surface area contributed by atoms with E-state index in [1.54, 1.807) is 35.2 Å². The van der Waals surface area contributed by atoms with Crippen LogP contribution in [0.5, 0.6) is 0 Å². The normalized spacial score (nSPS) is 16.1. The highest BCUT2D eigenvalue weighted by molar-refractivity contribution is 6.31. The van der Waals surface area contributed by atoms with E-state index >= 15 is 4.39 Å². The van der Waals surface area contributed by atoms with Gasteiger partial charge in [0, 0.05) is 23.7 Å². The number of ether oxygens (including phenoxy) is 1. The highest BCUT2D eigenvalue weighted by Crippen LogP contribution is 2.39. The number of nitrogens with one attached hydrogen (secondary N) is 2. The molecule has 0 radical (unpaired) electrons. The minimum atomic E-state index is -0.731. The zero-order valence-electron chi connectivity index (χ0n) is 21.0. The number of anilines is 1. The molecule has 13 nitrogen and oxygen atoms in total. The van der Waals surface area contributed by atoms with Gasteiger partial charge in [0.25, 0.3) is 5.56 Å². The summed E-state index contributed by atoms with van der Waals surface area (Å²) in [5.74, 6) is 0.535. The average Bonchev–Trinajstić information content (AvgIpc) is 3.72. The molecule has 6 rings (SSSR count). The van der Waals surface area contributed by atoms with Crippen LogP contribution in [0.4, 0.5) is 15.0 Å². The van der Waals surface area contributed by atoms with Crippen molar-refractivity contribution in [2.45, 2.75) is 25.3 Å². The zero-order valence-corrected chi connectivity index (χ0v) is 21.8. The zero-order chi connectivity index (χ0) is 28.0. The van der Waals surface area contributed by atoms with E-state index in [1.165, 1.54) is 30.3 Å². The summed E-state index contributed by atoms with van der Waals surface area (Å²) in [5, 5.41) is 13.4. The molecular formula is C25H20ClFN10O3. The Hall–Kier alpha value is -4.98. The Balaban J connectivity index is 1.35. The average molecular weight is 563 g/mol. The minimum Gasteiger partial charge on any atom is -0.453 e. The Morgan fingerprint density at radius 1 is 1.23 bits per heavy atom. The maximum atomic E-state index is 15.3. The standard InChI is InChI=1S/C25H20ClFN10O3/c1-12-7-18(23-29-10-16(31-23)13-3-6-19(28-9-13)33-25(39)40-2)37-20(38)8-15(32-24(12)37)21-17(36-11-30-34-35-36)5-4-14(26)22(21)27/h3-6,8-12,18H,7H2,1-2H3,(H,29,31)(H,28,33,39)/t12-,18-/m0/s1. The highest BCUT2D eigenvalue weighted by atomic mass is 35.5. The SMILES string of the molecule is COC(=O)Nc1ccc(-c2cnc([C@@H]3C[C@H](C)c4nc(-c5c(-n6cnnn6)ccc(Cl)c5F)cc(=O)n43)[nH]2)cn1. The van der Waals surface area contributed by atoms with Crippen LogP contribution in [-0.2, 0) is 4.74 Å². The number of benzene rings is 1. The third kappa shape index (κ3) is 4.37. The molecule has 5 aromatic rings. The number of carbonyl (C=O) groups is 1.